The molecule has 24 nitrogen and oxygen atoms in total. The van der Waals surface area contributed by atoms with E-state index in [1.54, 1.807) is 0 Å². The van der Waals surface area contributed by atoms with Gasteiger partial charge in [-0.15, -0.1) is 0 Å². The van der Waals surface area contributed by atoms with Crippen molar-refractivity contribution in [3.8, 4) is 0 Å². The van der Waals surface area contributed by atoms with Gasteiger partial charge in [-0.3, -0.25) is 18.8 Å². The quantitative estimate of drug-likeness (QED) is 0.112. The van der Waals surface area contributed by atoms with E-state index < -0.39 is 7.82 Å². The lowest BCUT2D eigenvalue weighted by Crippen LogP contribution is -2.26. The van der Waals surface area contributed by atoms with Crippen molar-refractivity contribution in [2.45, 2.75) is 12.8 Å². The number of hydrogen-bond donors (Lipinski definition) is 3. The molecule has 3 N–H and O–H groups in total. The maximum absolute atomic E-state index is 11.8. The van der Waals surface area contributed by atoms with Crippen molar-refractivity contribution < 1.29 is 23.4 Å². The molecule has 36 heavy (non-hydrogen) atoms. The molecular weight excluding hydrogens is 509 g/mol. The average molecular weight is 525 g/mol. The molecule has 0 aromatic heterocycles. The molecule has 1 amide bonds. The molecule has 0 bridgehead atoms. The second-order valence-electron chi connectivity index (χ2n) is 5.27. The van der Waals surface area contributed by atoms with Crippen LogP contribution in [0, 0.1) is 5.53 Å². The van der Waals surface area contributed by atoms with Crippen molar-refractivity contribution in [2.24, 2.45) is 88.8 Å². The third kappa shape index (κ3) is 17.6. The Balaban J connectivity index is 2.14. The van der Waals surface area contributed by atoms with Crippen molar-refractivity contribution in [3.05, 3.63) is 35.9 Å². The summed E-state index contributed by atoms with van der Waals surface area (Å²) >= 11 is 0. The summed E-state index contributed by atoms with van der Waals surface area (Å²) in [6.07, 6.45) is 0.458. The highest BCUT2D eigenvalue weighted by molar-refractivity contribution is 7.47. The normalized spacial score (nSPS) is 14.5. The Morgan fingerprint density at radius 3 is 1.86 bits per heavy atom. The van der Waals surface area contributed by atoms with E-state index in [1.165, 1.54) is 0 Å². The van der Waals surface area contributed by atoms with Gasteiger partial charge in [0.05, 0.1) is 18.3 Å². The summed E-state index contributed by atoms with van der Waals surface area (Å²) in [4.78, 5) is 21.2. The molecule has 0 aliphatic rings. The maximum Gasteiger partial charge on any atom is 0.549 e. The molecule has 1 unspecified atom stereocenters. The lowest BCUT2D eigenvalue weighted by atomic mass is 10.1. The van der Waals surface area contributed by atoms with Gasteiger partial charge in [-0.25, -0.2) is 4.57 Å². The molecule has 0 radical (unpaired) electrons. The molecule has 1 aromatic carbocycles. The van der Waals surface area contributed by atoms with Gasteiger partial charge in [0.15, 0.2) is 0 Å². The third-order valence-electron chi connectivity index (χ3n) is 2.89. The fourth-order valence-corrected chi connectivity index (χ4v) is 2.21. The van der Waals surface area contributed by atoms with Crippen LogP contribution in [0.2, 0.25) is 0 Å². The van der Waals surface area contributed by atoms with Crippen LogP contribution in [0.1, 0.15) is 12.0 Å². The first-order valence-electron chi connectivity index (χ1n) is 9.07. The molecule has 0 heterocycles. The van der Waals surface area contributed by atoms with Crippen LogP contribution in [-0.2, 0) is 24.9 Å². The molecular formula is C11H16N19O5P. The molecule has 0 saturated heterocycles. The smallest absolute Gasteiger partial charge is 0.356 e. The molecule has 0 aliphatic heterocycles. The number of carbonyl (C=O) groups is 1. The second-order valence-corrected chi connectivity index (χ2v) is 6.63. The van der Waals surface area contributed by atoms with Crippen molar-refractivity contribution in [1.82, 2.24) is 5.32 Å². The van der Waals surface area contributed by atoms with E-state index in [0.717, 1.165) is 5.56 Å². The van der Waals surface area contributed by atoms with E-state index in [-0.39, 0.29) is 31.9 Å². The Morgan fingerprint density at radius 1 is 0.833 bits per heavy atom. The largest absolute Gasteiger partial charge is 0.549 e. The van der Waals surface area contributed by atoms with Gasteiger partial charge >= 0.3 is 7.82 Å². The monoisotopic (exact) mass is 525 g/mol. The van der Waals surface area contributed by atoms with Crippen molar-refractivity contribution in [3.63, 3.8) is 0 Å². The number of amides is 1. The molecule has 25 heteroatoms. The van der Waals surface area contributed by atoms with Crippen molar-refractivity contribution in [1.29, 1.82) is 5.53 Å². The third-order valence-corrected chi connectivity index (χ3v) is 3.67. The summed E-state index contributed by atoms with van der Waals surface area (Å²) in [5.41, 5.74) is 7.11. The van der Waals surface area contributed by atoms with Gasteiger partial charge in [0.1, 0.15) is 0 Å². The molecule has 0 aliphatic carbocycles. The van der Waals surface area contributed by atoms with Crippen LogP contribution < -0.4 is 5.32 Å². The number of carbonyl (C=O) groups excluding carboxylic acids is 1. The number of benzene rings is 1. The predicted octanol–water partition coefficient (Wildman–Crippen LogP) is 4.75. The van der Waals surface area contributed by atoms with Gasteiger partial charge in [0, 0.05) is 48.3 Å². The van der Waals surface area contributed by atoms with E-state index in [9.17, 15) is 14.3 Å². The van der Waals surface area contributed by atoms with Crippen LogP contribution in [0.25, 0.3) is 0 Å². The summed E-state index contributed by atoms with van der Waals surface area (Å²) in [5.74, 6) is -0.198. The first-order valence-corrected chi connectivity index (χ1v) is 10.6. The maximum atomic E-state index is 11.8. The molecule has 0 spiro atoms. The lowest BCUT2D eigenvalue weighted by Gasteiger charge is -2.08. The van der Waals surface area contributed by atoms with Crippen LogP contribution in [0.15, 0.2) is 119 Å². The fourth-order valence-electron chi connectivity index (χ4n) is 1.68. The molecule has 0 saturated carbocycles. The van der Waals surface area contributed by atoms with Crippen LogP contribution in [0.4, 0.5) is 0 Å². The number of phosphoric acid groups is 1. The predicted molar refractivity (Wildman–Crippen MR) is 109 cm³/mol. The van der Waals surface area contributed by atoms with Gasteiger partial charge in [-0.1, -0.05) is 30.3 Å². The lowest BCUT2D eigenvalue weighted by molar-refractivity contribution is -0.120. The number of nitrogens with one attached hydrogen (secondary N) is 2. The minimum Gasteiger partial charge on any atom is -0.356 e. The Labute approximate surface area is 199 Å². The van der Waals surface area contributed by atoms with E-state index in [4.69, 9.17) is 5.53 Å². The number of phosphoric ester groups is 1. The zero-order valence-corrected chi connectivity index (χ0v) is 18.7. The highest BCUT2D eigenvalue weighted by Crippen LogP contribution is 2.43. The van der Waals surface area contributed by atoms with Crippen LogP contribution in [0.3, 0.4) is 0 Å². The van der Waals surface area contributed by atoms with Crippen molar-refractivity contribution in [2.75, 3.05) is 13.2 Å². The van der Waals surface area contributed by atoms with Gasteiger partial charge in [-0.05, 0) is 53.8 Å². The SMILES string of the molecule is N=N/N=N/N=N/N=N/N=N/N=N/N=N/N=N/N=N\OP(=O)(O)OCCCNC(=O)Cc1ccccc1. The second kappa shape index (κ2) is 19.5. The van der Waals surface area contributed by atoms with Gasteiger partial charge in [0.25, 0.3) is 0 Å². The number of rotatable bonds is 17. The average Bonchev–Trinajstić information content (AvgIpc) is 2.86. The Hall–Kier alpha value is -4.96. The molecule has 0 fully saturated rings. The first-order chi connectivity index (χ1) is 17.5. The van der Waals surface area contributed by atoms with E-state index >= 15 is 0 Å². The zero-order chi connectivity index (χ0) is 26.2. The van der Waals surface area contributed by atoms with E-state index in [0.29, 0.717) is 0 Å². The highest BCUT2D eigenvalue weighted by atomic mass is 31.2. The van der Waals surface area contributed by atoms with Gasteiger partial charge in [0.2, 0.25) is 5.91 Å². The Kier molecular flexibility index (Phi) is 15.8. The standard InChI is InChI=1S/C11H16N19O5P/c12-14-15-16-17-18-19-20-21-22-23-24-25-26-27-28-29-30-35-36(32,33)34-8-4-7-13-11(31)9-10-5-2-1-3-6-10/h1-3,5-6,12H,4,7-9H2,(H,13,31)(H,32,33)/b14-12?,16-15+,18-17+,20-19+,22-21+,24-23+,26-25+,28-27+,30-29-. The molecule has 1 rings (SSSR count). The van der Waals surface area contributed by atoms with Crippen molar-refractivity contribution >= 4 is 13.7 Å². The Bertz CT molecular complexity index is 1070. The number of nitrogens with zero attached hydrogens (tertiary/aromatic N) is 17. The first kappa shape index (κ1) is 29.1. The van der Waals surface area contributed by atoms with Crippen LogP contribution in [0.5, 0.6) is 0 Å². The topological polar surface area (TPSA) is 319 Å². The minimum absolute atomic E-state index is 0.198. The molecule has 1 aromatic rings. The highest BCUT2D eigenvalue weighted by Gasteiger charge is 2.22. The zero-order valence-electron chi connectivity index (χ0n) is 17.8. The van der Waals surface area contributed by atoms with Crippen LogP contribution >= 0.6 is 7.82 Å². The summed E-state index contributed by atoms with van der Waals surface area (Å²) in [6, 6.07) is 9.14. The summed E-state index contributed by atoms with van der Waals surface area (Å²) in [7, 11) is -4.54. The number of hydrogen-bond acceptors (Lipinski definition) is 6. The van der Waals surface area contributed by atoms with Gasteiger partial charge < -0.3 is 5.32 Å². The molecule has 190 valence electrons. The van der Waals surface area contributed by atoms with Crippen LogP contribution in [-0.4, -0.2) is 24.0 Å². The summed E-state index contributed by atoms with van der Waals surface area (Å²) in [5, 5.41) is 52.1. The molecule has 1 atom stereocenters. The van der Waals surface area contributed by atoms with Gasteiger partial charge in [-0.2, -0.15) is 5.53 Å². The minimum atomic E-state index is -4.54. The summed E-state index contributed by atoms with van der Waals surface area (Å²) < 4.78 is 20.4. The fraction of sp³-hybridized carbons (Fsp3) is 0.364. The summed E-state index contributed by atoms with van der Waals surface area (Å²) in [6.45, 7) is 0.0213. The van der Waals surface area contributed by atoms with E-state index in [1.807, 2.05) is 30.3 Å². The van der Waals surface area contributed by atoms with E-state index in [2.05, 4.69) is 103 Å². The Morgan fingerprint density at radius 2 is 1.33 bits per heavy atom.